The molecule has 1 aliphatic carbocycles. The van der Waals surface area contributed by atoms with E-state index in [2.05, 4.69) is 43.0 Å². The molecule has 3 fully saturated rings. The highest BCUT2D eigenvalue weighted by Gasteiger charge is 2.51. The Labute approximate surface area is 150 Å². The lowest BCUT2D eigenvalue weighted by Gasteiger charge is -2.41. The number of likely N-dealkylation sites (tertiary alicyclic amines) is 1. The Bertz CT molecular complexity index is 643. The average molecular weight is 340 g/mol. The predicted molar refractivity (Wildman–Crippen MR) is 97.0 cm³/mol. The van der Waals surface area contributed by atoms with Crippen molar-refractivity contribution in [2.75, 3.05) is 13.1 Å². The molecule has 4 atom stereocenters. The summed E-state index contributed by atoms with van der Waals surface area (Å²) in [5.41, 5.74) is 1.29. The minimum atomic E-state index is 0.156. The van der Waals surface area contributed by atoms with Crippen molar-refractivity contribution in [2.45, 2.75) is 57.5 Å². The molecule has 4 rings (SSSR count). The van der Waals surface area contributed by atoms with Crippen molar-refractivity contribution >= 4 is 11.8 Å². The van der Waals surface area contributed by atoms with Crippen LogP contribution >= 0.6 is 0 Å². The Balaban J connectivity index is 1.40. The molecule has 0 aromatic heterocycles. The molecule has 2 aliphatic heterocycles. The molecule has 0 N–H and O–H groups in total. The van der Waals surface area contributed by atoms with E-state index in [9.17, 15) is 9.59 Å². The van der Waals surface area contributed by atoms with Crippen LogP contribution in [0, 0.1) is 11.8 Å². The van der Waals surface area contributed by atoms with Crippen molar-refractivity contribution in [1.82, 2.24) is 9.80 Å². The molecule has 4 heteroatoms. The fourth-order valence-electron chi connectivity index (χ4n) is 4.67. The van der Waals surface area contributed by atoms with Crippen LogP contribution in [0.15, 0.2) is 30.3 Å². The van der Waals surface area contributed by atoms with Crippen molar-refractivity contribution in [3.8, 4) is 0 Å². The van der Waals surface area contributed by atoms with Crippen LogP contribution in [-0.2, 0) is 9.59 Å². The van der Waals surface area contributed by atoms with Gasteiger partial charge in [-0.2, -0.15) is 0 Å². The number of fused-ring (bicyclic) bond motifs is 2. The van der Waals surface area contributed by atoms with E-state index in [1.54, 1.807) is 0 Å². The van der Waals surface area contributed by atoms with E-state index in [-0.39, 0.29) is 23.9 Å². The number of carbonyl (C=O) groups is 2. The number of rotatable bonds is 4. The van der Waals surface area contributed by atoms with E-state index in [1.165, 1.54) is 5.56 Å². The first-order chi connectivity index (χ1) is 12.0. The van der Waals surface area contributed by atoms with Crippen LogP contribution in [0.1, 0.15) is 51.0 Å². The number of nitrogens with zero attached hydrogens (tertiary/aromatic N) is 2. The van der Waals surface area contributed by atoms with Crippen LogP contribution in [0.25, 0.3) is 0 Å². The molecule has 2 bridgehead atoms. The summed E-state index contributed by atoms with van der Waals surface area (Å²) in [4.78, 5) is 29.6. The first-order valence-electron chi connectivity index (χ1n) is 9.69. The number of amides is 2. The van der Waals surface area contributed by atoms with Gasteiger partial charge in [-0.3, -0.25) is 9.59 Å². The third kappa shape index (κ3) is 3.19. The maximum Gasteiger partial charge on any atom is 0.226 e. The fraction of sp³-hybridized carbons (Fsp3) is 0.619. The van der Waals surface area contributed by atoms with Crippen molar-refractivity contribution in [1.29, 1.82) is 0 Å². The summed E-state index contributed by atoms with van der Waals surface area (Å²) in [6, 6.07) is 10.9. The standard InChI is InChI=1S/C21H28N2O2/c1-14(2)10-20(24)22-12-16-8-9-17(13-22)23(16)21(25)19-11-18(19)15-6-4-3-5-7-15/h3-7,14,16-19H,8-13H2,1-2H3/t16-,17-,18+,19-/m0/s1. The minimum absolute atomic E-state index is 0.156. The predicted octanol–water partition coefficient (Wildman–Crippen LogP) is 3.04. The minimum Gasteiger partial charge on any atom is -0.339 e. The zero-order valence-corrected chi connectivity index (χ0v) is 15.2. The van der Waals surface area contributed by atoms with Gasteiger partial charge in [0.15, 0.2) is 0 Å². The Kier molecular flexibility index (Phi) is 4.30. The third-order valence-corrected chi connectivity index (χ3v) is 6.01. The lowest BCUT2D eigenvalue weighted by molar-refractivity contribution is -0.145. The highest BCUT2D eigenvalue weighted by Crippen LogP contribution is 2.50. The quantitative estimate of drug-likeness (QED) is 0.845. The van der Waals surface area contributed by atoms with Crippen LogP contribution < -0.4 is 0 Å². The highest BCUT2D eigenvalue weighted by molar-refractivity contribution is 5.84. The van der Waals surface area contributed by atoms with E-state index in [0.717, 1.165) is 32.4 Å². The van der Waals surface area contributed by atoms with Crippen LogP contribution in [0.3, 0.4) is 0 Å². The molecule has 2 amide bonds. The third-order valence-electron chi connectivity index (χ3n) is 6.01. The van der Waals surface area contributed by atoms with E-state index < -0.39 is 0 Å². The van der Waals surface area contributed by atoms with Gasteiger partial charge in [-0.05, 0) is 36.7 Å². The molecular weight excluding hydrogens is 312 g/mol. The van der Waals surface area contributed by atoms with E-state index in [0.29, 0.717) is 24.2 Å². The smallest absolute Gasteiger partial charge is 0.226 e. The van der Waals surface area contributed by atoms with Gasteiger partial charge in [0.1, 0.15) is 0 Å². The number of carbonyl (C=O) groups excluding carboxylic acids is 2. The van der Waals surface area contributed by atoms with Gasteiger partial charge >= 0.3 is 0 Å². The van der Waals surface area contributed by atoms with Gasteiger partial charge < -0.3 is 9.80 Å². The van der Waals surface area contributed by atoms with Gasteiger partial charge in [-0.25, -0.2) is 0 Å². The monoisotopic (exact) mass is 340 g/mol. The summed E-state index contributed by atoms with van der Waals surface area (Å²) < 4.78 is 0. The molecule has 0 unspecified atom stereocenters. The van der Waals surface area contributed by atoms with Crippen LogP contribution in [0.2, 0.25) is 0 Å². The molecule has 1 aromatic carbocycles. The lowest BCUT2D eigenvalue weighted by Crippen LogP contribution is -2.57. The Hall–Kier alpha value is -1.84. The van der Waals surface area contributed by atoms with E-state index >= 15 is 0 Å². The first-order valence-corrected chi connectivity index (χ1v) is 9.69. The van der Waals surface area contributed by atoms with Crippen LogP contribution in [0.4, 0.5) is 0 Å². The SMILES string of the molecule is CC(C)CC(=O)N1C[C@@H]2CC[C@@H](C1)N2C(=O)[C@H]1C[C@@H]1c1ccccc1. The first kappa shape index (κ1) is 16.6. The molecular formula is C21H28N2O2. The zero-order valence-electron chi connectivity index (χ0n) is 15.2. The number of piperazine rings is 1. The fourth-order valence-corrected chi connectivity index (χ4v) is 4.67. The molecule has 1 aromatic rings. The molecule has 1 saturated carbocycles. The van der Waals surface area contributed by atoms with Crippen molar-refractivity contribution in [2.24, 2.45) is 11.8 Å². The van der Waals surface area contributed by atoms with Gasteiger partial charge in [-0.15, -0.1) is 0 Å². The van der Waals surface area contributed by atoms with Gasteiger partial charge in [0.25, 0.3) is 0 Å². The van der Waals surface area contributed by atoms with Crippen molar-refractivity contribution < 1.29 is 9.59 Å². The van der Waals surface area contributed by atoms with Gasteiger partial charge in [0.05, 0.1) is 0 Å². The number of hydrogen-bond donors (Lipinski definition) is 0. The molecule has 25 heavy (non-hydrogen) atoms. The second kappa shape index (κ2) is 6.47. The molecule has 0 radical (unpaired) electrons. The topological polar surface area (TPSA) is 40.6 Å². The van der Waals surface area contributed by atoms with Gasteiger partial charge in [-0.1, -0.05) is 44.2 Å². The maximum absolute atomic E-state index is 13.1. The molecule has 2 saturated heterocycles. The van der Waals surface area contributed by atoms with E-state index in [4.69, 9.17) is 0 Å². The summed E-state index contributed by atoms with van der Waals surface area (Å²) in [6.07, 6.45) is 3.69. The maximum atomic E-state index is 13.1. The van der Waals surface area contributed by atoms with Crippen molar-refractivity contribution in [3.63, 3.8) is 0 Å². The average Bonchev–Trinajstić information content (AvgIpc) is 3.35. The highest BCUT2D eigenvalue weighted by atomic mass is 16.2. The van der Waals surface area contributed by atoms with Crippen molar-refractivity contribution in [3.05, 3.63) is 35.9 Å². The summed E-state index contributed by atoms with van der Waals surface area (Å²) >= 11 is 0. The second-order valence-electron chi connectivity index (χ2n) is 8.39. The van der Waals surface area contributed by atoms with Gasteiger partial charge in [0, 0.05) is 37.5 Å². The van der Waals surface area contributed by atoms with Crippen LogP contribution in [0.5, 0.6) is 0 Å². The normalized spacial score (nSPS) is 30.7. The van der Waals surface area contributed by atoms with E-state index in [1.807, 2.05) is 11.0 Å². The lowest BCUT2D eigenvalue weighted by atomic mass is 10.1. The van der Waals surface area contributed by atoms with Gasteiger partial charge in [0.2, 0.25) is 11.8 Å². The molecule has 4 nitrogen and oxygen atoms in total. The Morgan fingerprint density at radius 3 is 2.32 bits per heavy atom. The number of benzene rings is 1. The Morgan fingerprint density at radius 1 is 1.08 bits per heavy atom. The molecule has 134 valence electrons. The number of hydrogen-bond acceptors (Lipinski definition) is 2. The molecule has 2 heterocycles. The molecule has 3 aliphatic rings. The summed E-state index contributed by atoms with van der Waals surface area (Å²) in [5.74, 6) is 1.53. The summed E-state index contributed by atoms with van der Waals surface area (Å²) in [5, 5.41) is 0. The summed E-state index contributed by atoms with van der Waals surface area (Å²) in [7, 11) is 0. The largest absolute Gasteiger partial charge is 0.339 e. The molecule has 0 spiro atoms. The Morgan fingerprint density at radius 2 is 1.72 bits per heavy atom. The summed E-state index contributed by atoms with van der Waals surface area (Å²) in [6.45, 7) is 5.64. The van der Waals surface area contributed by atoms with Crippen LogP contribution in [-0.4, -0.2) is 46.8 Å². The second-order valence-corrected chi connectivity index (χ2v) is 8.39. The zero-order chi connectivity index (χ0) is 17.6.